The molecule has 1 aromatic carbocycles. The lowest BCUT2D eigenvalue weighted by Crippen LogP contribution is -2.02. The number of pyridine rings is 1. The van der Waals surface area contributed by atoms with Crippen LogP contribution in [0.1, 0.15) is 16.1 Å². The van der Waals surface area contributed by atoms with Crippen molar-refractivity contribution in [3.63, 3.8) is 0 Å². The Morgan fingerprint density at radius 2 is 2.10 bits per heavy atom. The van der Waals surface area contributed by atoms with Gasteiger partial charge in [-0.2, -0.15) is 5.10 Å². The maximum Gasteiger partial charge on any atom is 0.343 e. The third-order valence-electron chi connectivity index (χ3n) is 3.16. The summed E-state index contributed by atoms with van der Waals surface area (Å²) in [6, 6.07) is 9.45. The molecule has 0 spiro atoms. The topological polar surface area (TPSA) is 77.2 Å². The fraction of sp³-hybridized carbons (Fsp3) is 0.133. The van der Waals surface area contributed by atoms with E-state index in [-0.39, 0.29) is 11.4 Å². The molecule has 0 radical (unpaired) electrons. The van der Waals surface area contributed by atoms with Crippen molar-refractivity contribution in [1.82, 2.24) is 14.8 Å². The lowest BCUT2D eigenvalue weighted by molar-refractivity contribution is 0.0693. The normalized spacial score (nSPS) is 10.8. The number of carboxylic acids is 1. The molecule has 2 aromatic heterocycles. The third-order valence-corrected chi connectivity index (χ3v) is 3.16. The molecule has 0 saturated carbocycles. The Labute approximate surface area is 120 Å². The number of carbonyl (C=O) groups is 1. The van der Waals surface area contributed by atoms with E-state index in [1.165, 1.54) is 4.68 Å². The zero-order valence-electron chi connectivity index (χ0n) is 11.6. The number of para-hydroxylation sites is 1. The zero-order chi connectivity index (χ0) is 15.0. The van der Waals surface area contributed by atoms with Gasteiger partial charge in [-0.05, 0) is 19.1 Å². The standard InChI is InChI=1S/C15H13N3O3/c1-9-13(15(19)20)14(18(2)17-9)21-11-7-10-5-3-4-6-12(10)16-8-11/h3-8H,1-2H3,(H,19,20). The Morgan fingerprint density at radius 1 is 1.33 bits per heavy atom. The van der Waals surface area contributed by atoms with Crippen LogP contribution in [0.3, 0.4) is 0 Å². The van der Waals surface area contributed by atoms with Gasteiger partial charge in [-0.1, -0.05) is 18.2 Å². The van der Waals surface area contributed by atoms with Crippen molar-refractivity contribution in [3.05, 3.63) is 47.8 Å². The number of carboxylic acid groups (broad SMARTS) is 1. The summed E-state index contributed by atoms with van der Waals surface area (Å²) >= 11 is 0. The fourth-order valence-corrected chi connectivity index (χ4v) is 2.22. The molecule has 106 valence electrons. The molecule has 0 unspecified atom stereocenters. The van der Waals surface area contributed by atoms with E-state index >= 15 is 0 Å². The van der Waals surface area contributed by atoms with Crippen LogP contribution in [0, 0.1) is 6.92 Å². The molecule has 6 heteroatoms. The van der Waals surface area contributed by atoms with Gasteiger partial charge in [-0.25, -0.2) is 9.48 Å². The highest BCUT2D eigenvalue weighted by Crippen LogP contribution is 2.28. The van der Waals surface area contributed by atoms with Crippen LogP contribution in [0.4, 0.5) is 0 Å². The number of hydrogen-bond acceptors (Lipinski definition) is 4. The van der Waals surface area contributed by atoms with Gasteiger partial charge in [0.05, 0.1) is 17.4 Å². The van der Waals surface area contributed by atoms with Crippen LogP contribution in [0.15, 0.2) is 36.5 Å². The van der Waals surface area contributed by atoms with Crippen LogP contribution in [-0.2, 0) is 7.05 Å². The van der Waals surface area contributed by atoms with E-state index in [9.17, 15) is 9.90 Å². The predicted molar refractivity (Wildman–Crippen MR) is 76.7 cm³/mol. The van der Waals surface area contributed by atoms with Gasteiger partial charge in [0.25, 0.3) is 0 Å². The minimum absolute atomic E-state index is 0.0608. The minimum atomic E-state index is -1.07. The maximum atomic E-state index is 11.3. The SMILES string of the molecule is Cc1nn(C)c(Oc2cnc3ccccc3c2)c1C(=O)O. The summed E-state index contributed by atoms with van der Waals surface area (Å²) in [6.07, 6.45) is 1.57. The van der Waals surface area contributed by atoms with Gasteiger partial charge in [0.1, 0.15) is 11.3 Å². The largest absolute Gasteiger partial charge is 0.477 e. The highest BCUT2D eigenvalue weighted by molar-refractivity contribution is 5.91. The molecule has 0 aliphatic carbocycles. The van der Waals surface area contributed by atoms with Gasteiger partial charge >= 0.3 is 5.97 Å². The number of aromatic nitrogens is 3. The Morgan fingerprint density at radius 3 is 2.86 bits per heavy atom. The molecule has 0 fully saturated rings. The summed E-state index contributed by atoms with van der Waals surface area (Å²) < 4.78 is 7.10. The van der Waals surface area contributed by atoms with Crippen molar-refractivity contribution in [3.8, 4) is 11.6 Å². The first-order chi connectivity index (χ1) is 10.1. The first-order valence-electron chi connectivity index (χ1n) is 6.36. The Kier molecular flexibility index (Phi) is 3.06. The fourth-order valence-electron chi connectivity index (χ4n) is 2.22. The molecular weight excluding hydrogens is 270 g/mol. The number of aryl methyl sites for hydroxylation is 2. The second-order valence-electron chi connectivity index (χ2n) is 4.66. The molecule has 6 nitrogen and oxygen atoms in total. The van der Waals surface area contributed by atoms with Crippen molar-refractivity contribution < 1.29 is 14.6 Å². The molecule has 3 rings (SSSR count). The number of benzene rings is 1. The summed E-state index contributed by atoms with van der Waals surface area (Å²) in [5.41, 5.74) is 1.32. The van der Waals surface area contributed by atoms with Crippen molar-refractivity contribution in [1.29, 1.82) is 0 Å². The molecule has 0 aliphatic heterocycles. The van der Waals surface area contributed by atoms with Gasteiger partial charge in [0.2, 0.25) is 5.88 Å². The Hall–Kier alpha value is -2.89. The molecule has 3 aromatic rings. The highest BCUT2D eigenvalue weighted by Gasteiger charge is 2.21. The Balaban J connectivity index is 2.04. The molecule has 2 heterocycles. The third kappa shape index (κ3) is 2.31. The number of nitrogens with zero attached hydrogens (tertiary/aromatic N) is 3. The van der Waals surface area contributed by atoms with E-state index in [4.69, 9.17) is 4.74 Å². The van der Waals surface area contributed by atoms with E-state index in [0.29, 0.717) is 11.4 Å². The van der Waals surface area contributed by atoms with Crippen molar-refractivity contribution in [2.24, 2.45) is 7.05 Å². The molecule has 0 aliphatic rings. The summed E-state index contributed by atoms with van der Waals surface area (Å²) in [4.78, 5) is 15.6. The van der Waals surface area contributed by atoms with Crippen LogP contribution in [-0.4, -0.2) is 25.8 Å². The molecule has 0 atom stereocenters. The molecule has 21 heavy (non-hydrogen) atoms. The lowest BCUT2D eigenvalue weighted by Gasteiger charge is -2.07. The number of ether oxygens (including phenoxy) is 1. The quantitative estimate of drug-likeness (QED) is 0.799. The first-order valence-corrected chi connectivity index (χ1v) is 6.36. The van der Waals surface area contributed by atoms with E-state index in [1.54, 1.807) is 20.2 Å². The Bertz CT molecular complexity index is 839. The molecule has 0 saturated heterocycles. The van der Waals surface area contributed by atoms with E-state index in [0.717, 1.165) is 10.9 Å². The van der Waals surface area contributed by atoms with Crippen LogP contribution < -0.4 is 4.74 Å². The van der Waals surface area contributed by atoms with Crippen LogP contribution >= 0.6 is 0 Å². The second kappa shape index (κ2) is 4.90. The number of fused-ring (bicyclic) bond motifs is 1. The number of rotatable bonds is 3. The zero-order valence-corrected chi connectivity index (χ0v) is 11.6. The van der Waals surface area contributed by atoms with Gasteiger partial charge in [-0.3, -0.25) is 4.98 Å². The van der Waals surface area contributed by atoms with E-state index in [2.05, 4.69) is 10.1 Å². The first kappa shape index (κ1) is 13.1. The summed E-state index contributed by atoms with van der Waals surface area (Å²) in [5.74, 6) is -0.402. The monoisotopic (exact) mass is 283 g/mol. The molecule has 1 N–H and O–H groups in total. The maximum absolute atomic E-state index is 11.3. The van der Waals surface area contributed by atoms with E-state index in [1.807, 2.05) is 30.3 Å². The number of aromatic carboxylic acids is 1. The average Bonchev–Trinajstić information content (AvgIpc) is 2.73. The lowest BCUT2D eigenvalue weighted by atomic mass is 10.2. The van der Waals surface area contributed by atoms with E-state index < -0.39 is 5.97 Å². The van der Waals surface area contributed by atoms with Gasteiger partial charge in [-0.15, -0.1) is 0 Å². The van der Waals surface area contributed by atoms with Crippen molar-refractivity contribution in [2.45, 2.75) is 6.92 Å². The minimum Gasteiger partial charge on any atom is -0.477 e. The van der Waals surface area contributed by atoms with Gasteiger partial charge in [0, 0.05) is 12.4 Å². The van der Waals surface area contributed by atoms with Gasteiger partial charge < -0.3 is 9.84 Å². The average molecular weight is 283 g/mol. The highest BCUT2D eigenvalue weighted by atomic mass is 16.5. The molecule has 0 bridgehead atoms. The molecular formula is C15H13N3O3. The van der Waals surface area contributed by atoms with Crippen LogP contribution in [0.5, 0.6) is 11.6 Å². The van der Waals surface area contributed by atoms with Crippen molar-refractivity contribution in [2.75, 3.05) is 0 Å². The summed E-state index contributed by atoms with van der Waals surface area (Å²) in [7, 11) is 1.64. The summed E-state index contributed by atoms with van der Waals surface area (Å²) in [6.45, 7) is 1.63. The molecule has 0 amide bonds. The predicted octanol–water partition coefficient (Wildman–Crippen LogP) is 2.77. The van der Waals surface area contributed by atoms with Crippen LogP contribution in [0.2, 0.25) is 0 Å². The summed E-state index contributed by atoms with van der Waals surface area (Å²) in [5, 5.41) is 14.3. The van der Waals surface area contributed by atoms with Gasteiger partial charge in [0.15, 0.2) is 0 Å². The van der Waals surface area contributed by atoms with Crippen LogP contribution in [0.25, 0.3) is 10.9 Å². The van der Waals surface area contributed by atoms with Crippen molar-refractivity contribution >= 4 is 16.9 Å². The smallest absolute Gasteiger partial charge is 0.343 e. The number of hydrogen-bond donors (Lipinski definition) is 1. The second-order valence-corrected chi connectivity index (χ2v) is 4.66.